The van der Waals surface area contributed by atoms with Crippen LogP contribution in [0.3, 0.4) is 0 Å². The van der Waals surface area contributed by atoms with E-state index in [1.54, 1.807) is 18.7 Å². The van der Waals surface area contributed by atoms with Crippen molar-refractivity contribution in [3.63, 3.8) is 0 Å². The standard InChI is InChI=1S/C12H10N4/c1-2-9(5-13-3-1)4-10-6-15-11-7-14-8-16-12(10)11/h1-3,5-8,15H,4H2. The number of pyridine rings is 1. The Bertz CT molecular complexity index is 600. The minimum Gasteiger partial charge on any atom is -0.358 e. The molecule has 3 rings (SSSR count). The number of H-pyrrole nitrogens is 1. The van der Waals surface area contributed by atoms with Crippen molar-refractivity contribution < 1.29 is 0 Å². The lowest BCUT2D eigenvalue weighted by atomic mass is 10.1. The van der Waals surface area contributed by atoms with Crippen LogP contribution in [0.4, 0.5) is 0 Å². The van der Waals surface area contributed by atoms with E-state index in [1.165, 1.54) is 11.1 Å². The molecule has 0 amide bonds. The molecular weight excluding hydrogens is 200 g/mol. The van der Waals surface area contributed by atoms with Gasteiger partial charge in [0.15, 0.2) is 0 Å². The Labute approximate surface area is 92.4 Å². The molecule has 0 saturated carbocycles. The molecule has 0 bridgehead atoms. The minimum atomic E-state index is 0.838. The van der Waals surface area contributed by atoms with Crippen LogP contribution < -0.4 is 0 Å². The molecule has 1 N–H and O–H groups in total. The number of rotatable bonds is 2. The van der Waals surface area contributed by atoms with Gasteiger partial charge in [0.1, 0.15) is 6.33 Å². The van der Waals surface area contributed by atoms with Crippen LogP contribution >= 0.6 is 0 Å². The summed E-state index contributed by atoms with van der Waals surface area (Å²) in [5, 5.41) is 0. The Morgan fingerprint density at radius 3 is 3.06 bits per heavy atom. The summed E-state index contributed by atoms with van der Waals surface area (Å²) in [5.74, 6) is 0. The van der Waals surface area contributed by atoms with Crippen LogP contribution in [0.15, 0.2) is 43.2 Å². The molecule has 78 valence electrons. The normalized spacial score (nSPS) is 10.8. The zero-order chi connectivity index (χ0) is 10.8. The Hall–Kier alpha value is -2.23. The summed E-state index contributed by atoms with van der Waals surface area (Å²) in [4.78, 5) is 15.5. The average Bonchev–Trinajstić information content (AvgIpc) is 2.74. The van der Waals surface area contributed by atoms with Crippen molar-refractivity contribution in [1.29, 1.82) is 0 Å². The van der Waals surface area contributed by atoms with Crippen molar-refractivity contribution in [3.05, 3.63) is 54.4 Å². The summed E-state index contributed by atoms with van der Waals surface area (Å²) in [5.41, 5.74) is 4.31. The molecule has 0 aliphatic heterocycles. The lowest BCUT2D eigenvalue weighted by Crippen LogP contribution is -1.88. The maximum atomic E-state index is 4.27. The lowest BCUT2D eigenvalue weighted by Gasteiger charge is -1.98. The van der Waals surface area contributed by atoms with Crippen molar-refractivity contribution in [1.82, 2.24) is 19.9 Å². The van der Waals surface area contributed by atoms with E-state index >= 15 is 0 Å². The van der Waals surface area contributed by atoms with Gasteiger partial charge in [0.05, 0.1) is 17.2 Å². The Morgan fingerprint density at radius 1 is 1.19 bits per heavy atom. The predicted molar refractivity (Wildman–Crippen MR) is 60.9 cm³/mol. The van der Waals surface area contributed by atoms with Gasteiger partial charge in [-0.2, -0.15) is 0 Å². The Morgan fingerprint density at radius 2 is 2.19 bits per heavy atom. The summed E-state index contributed by atoms with van der Waals surface area (Å²) in [6.45, 7) is 0. The summed E-state index contributed by atoms with van der Waals surface area (Å²) < 4.78 is 0. The van der Waals surface area contributed by atoms with Gasteiger partial charge >= 0.3 is 0 Å². The number of fused-ring (bicyclic) bond motifs is 1. The first-order chi connectivity index (χ1) is 7.93. The topological polar surface area (TPSA) is 54.5 Å². The molecule has 0 unspecified atom stereocenters. The molecule has 3 aromatic heterocycles. The Kier molecular flexibility index (Phi) is 2.11. The molecule has 16 heavy (non-hydrogen) atoms. The monoisotopic (exact) mass is 210 g/mol. The molecule has 4 heteroatoms. The number of hydrogen-bond donors (Lipinski definition) is 1. The van der Waals surface area contributed by atoms with Gasteiger partial charge in [-0.05, 0) is 11.6 Å². The largest absolute Gasteiger partial charge is 0.358 e. The van der Waals surface area contributed by atoms with E-state index in [9.17, 15) is 0 Å². The third-order valence-electron chi connectivity index (χ3n) is 2.54. The molecule has 0 aliphatic rings. The van der Waals surface area contributed by atoms with E-state index in [0.29, 0.717) is 0 Å². The van der Waals surface area contributed by atoms with Crippen LogP contribution in [0.5, 0.6) is 0 Å². The van der Waals surface area contributed by atoms with Crippen LogP contribution in [-0.4, -0.2) is 19.9 Å². The van der Waals surface area contributed by atoms with Gasteiger partial charge in [0.25, 0.3) is 0 Å². The highest BCUT2D eigenvalue weighted by Gasteiger charge is 2.05. The van der Waals surface area contributed by atoms with Gasteiger partial charge in [-0.25, -0.2) is 9.97 Å². The third kappa shape index (κ3) is 1.54. The van der Waals surface area contributed by atoms with Crippen molar-refractivity contribution in [2.75, 3.05) is 0 Å². The van der Waals surface area contributed by atoms with Crippen LogP contribution in [0.25, 0.3) is 11.0 Å². The molecule has 0 saturated heterocycles. The van der Waals surface area contributed by atoms with Crippen molar-refractivity contribution >= 4 is 11.0 Å². The highest BCUT2D eigenvalue weighted by atomic mass is 14.9. The fourth-order valence-corrected chi connectivity index (χ4v) is 1.78. The zero-order valence-corrected chi connectivity index (χ0v) is 8.59. The number of hydrogen-bond acceptors (Lipinski definition) is 3. The summed E-state index contributed by atoms with van der Waals surface area (Å²) in [7, 11) is 0. The summed E-state index contributed by atoms with van der Waals surface area (Å²) >= 11 is 0. The van der Waals surface area contributed by atoms with E-state index in [2.05, 4.69) is 26.0 Å². The molecular formula is C12H10N4. The number of aromatic nitrogens is 4. The van der Waals surface area contributed by atoms with Crippen LogP contribution in [-0.2, 0) is 6.42 Å². The van der Waals surface area contributed by atoms with Crippen LogP contribution in [0.2, 0.25) is 0 Å². The molecule has 0 atom stereocenters. The van der Waals surface area contributed by atoms with E-state index in [0.717, 1.165) is 17.5 Å². The molecule has 0 fully saturated rings. The quantitative estimate of drug-likeness (QED) is 0.703. The zero-order valence-electron chi connectivity index (χ0n) is 8.59. The fourth-order valence-electron chi connectivity index (χ4n) is 1.78. The number of nitrogens with one attached hydrogen (secondary N) is 1. The maximum Gasteiger partial charge on any atom is 0.116 e. The smallest absolute Gasteiger partial charge is 0.116 e. The Balaban J connectivity index is 2.01. The summed E-state index contributed by atoms with van der Waals surface area (Å²) in [6.07, 6.45) is 9.83. The molecule has 3 heterocycles. The molecule has 0 spiro atoms. The second-order valence-electron chi connectivity index (χ2n) is 3.64. The molecule has 4 nitrogen and oxygen atoms in total. The van der Waals surface area contributed by atoms with Crippen molar-refractivity contribution in [2.24, 2.45) is 0 Å². The van der Waals surface area contributed by atoms with E-state index in [1.807, 2.05) is 18.5 Å². The second-order valence-corrected chi connectivity index (χ2v) is 3.64. The average molecular weight is 210 g/mol. The van der Waals surface area contributed by atoms with Crippen LogP contribution in [0, 0.1) is 0 Å². The second kappa shape index (κ2) is 3.73. The van der Waals surface area contributed by atoms with Crippen LogP contribution in [0.1, 0.15) is 11.1 Å². The first-order valence-electron chi connectivity index (χ1n) is 5.08. The van der Waals surface area contributed by atoms with Crippen molar-refractivity contribution in [2.45, 2.75) is 6.42 Å². The molecule has 3 aromatic rings. The summed E-state index contributed by atoms with van der Waals surface area (Å²) in [6, 6.07) is 4.01. The first kappa shape index (κ1) is 9.03. The fraction of sp³-hybridized carbons (Fsp3) is 0.0833. The SMILES string of the molecule is c1cncc(Cc2c[nH]c3cncnc23)c1. The predicted octanol–water partition coefficient (Wildman–Crippen LogP) is 1.94. The van der Waals surface area contributed by atoms with Crippen molar-refractivity contribution in [3.8, 4) is 0 Å². The van der Waals surface area contributed by atoms with Gasteiger partial charge in [0.2, 0.25) is 0 Å². The van der Waals surface area contributed by atoms with Gasteiger partial charge in [-0.1, -0.05) is 6.07 Å². The maximum absolute atomic E-state index is 4.27. The molecule has 0 aliphatic carbocycles. The minimum absolute atomic E-state index is 0.838. The molecule has 0 aromatic carbocycles. The van der Waals surface area contributed by atoms with Gasteiger partial charge < -0.3 is 4.98 Å². The highest BCUT2D eigenvalue weighted by Crippen LogP contribution is 2.17. The van der Waals surface area contributed by atoms with E-state index in [4.69, 9.17) is 0 Å². The lowest BCUT2D eigenvalue weighted by molar-refractivity contribution is 1.14. The van der Waals surface area contributed by atoms with E-state index in [-0.39, 0.29) is 0 Å². The number of nitrogens with zero attached hydrogens (tertiary/aromatic N) is 3. The highest BCUT2D eigenvalue weighted by molar-refractivity contribution is 5.77. The van der Waals surface area contributed by atoms with Gasteiger partial charge in [-0.3, -0.25) is 4.98 Å². The molecule has 0 radical (unpaired) electrons. The van der Waals surface area contributed by atoms with Gasteiger partial charge in [0, 0.05) is 30.6 Å². The number of aromatic amines is 1. The third-order valence-corrected chi connectivity index (χ3v) is 2.54. The van der Waals surface area contributed by atoms with E-state index < -0.39 is 0 Å². The first-order valence-corrected chi connectivity index (χ1v) is 5.08. The van der Waals surface area contributed by atoms with Gasteiger partial charge in [-0.15, -0.1) is 0 Å².